The van der Waals surface area contributed by atoms with Crippen molar-refractivity contribution in [2.75, 3.05) is 6.61 Å². The summed E-state index contributed by atoms with van der Waals surface area (Å²) in [4.78, 5) is 14.9. The van der Waals surface area contributed by atoms with Crippen LogP contribution in [0.2, 0.25) is 0 Å². The SMILES string of the molecule is Cc1ccc(OCCC2CC2)c(C(=O)O)n1. The number of carbonyl (C=O) groups is 1. The third-order valence-corrected chi connectivity index (χ3v) is 2.68. The van der Waals surface area contributed by atoms with Gasteiger partial charge in [0.15, 0.2) is 11.4 Å². The average molecular weight is 221 g/mol. The van der Waals surface area contributed by atoms with Crippen LogP contribution in [0, 0.1) is 12.8 Å². The molecule has 1 aromatic heterocycles. The van der Waals surface area contributed by atoms with Crippen LogP contribution in [0.3, 0.4) is 0 Å². The molecule has 0 aliphatic heterocycles. The van der Waals surface area contributed by atoms with Gasteiger partial charge < -0.3 is 9.84 Å². The van der Waals surface area contributed by atoms with Gasteiger partial charge in [-0.25, -0.2) is 9.78 Å². The Morgan fingerprint density at radius 2 is 2.31 bits per heavy atom. The number of nitrogens with zero attached hydrogens (tertiary/aromatic N) is 1. The smallest absolute Gasteiger partial charge is 0.358 e. The monoisotopic (exact) mass is 221 g/mol. The second kappa shape index (κ2) is 4.51. The standard InChI is InChI=1S/C12H15NO3/c1-8-2-5-10(11(13-8)12(14)15)16-7-6-9-3-4-9/h2,5,9H,3-4,6-7H2,1H3,(H,14,15). The molecule has 0 amide bonds. The van der Waals surface area contributed by atoms with Crippen molar-refractivity contribution in [3.63, 3.8) is 0 Å². The van der Waals surface area contributed by atoms with Gasteiger partial charge in [-0.1, -0.05) is 12.8 Å². The highest BCUT2D eigenvalue weighted by molar-refractivity contribution is 5.88. The minimum absolute atomic E-state index is 0.01000. The van der Waals surface area contributed by atoms with Crippen LogP contribution in [0.1, 0.15) is 35.4 Å². The molecule has 1 aromatic rings. The van der Waals surface area contributed by atoms with E-state index < -0.39 is 5.97 Å². The number of aryl methyl sites for hydroxylation is 1. The third-order valence-electron chi connectivity index (χ3n) is 2.68. The van der Waals surface area contributed by atoms with Crippen LogP contribution < -0.4 is 4.74 Å². The summed E-state index contributed by atoms with van der Waals surface area (Å²) in [5.74, 6) is 0.121. The largest absolute Gasteiger partial charge is 0.491 e. The van der Waals surface area contributed by atoms with E-state index >= 15 is 0 Å². The van der Waals surface area contributed by atoms with Gasteiger partial charge in [0.25, 0.3) is 0 Å². The molecule has 1 N–H and O–H groups in total. The van der Waals surface area contributed by atoms with E-state index in [1.165, 1.54) is 12.8 Å². The Balaban J connectivity index is 2.02. The first kappa shape index (κ1) is 10.9. The highest BCUT2D eigenvalue weighted by Crippen LogP contribution is 2.32. The molecule has 1 aliphatic carbocycles. The Morgan fingerprint density at radius 1 is 1.56 bits per heavy atom. The Hall–Kier alpha value is -1.58. The number of hydrogen-bond acceptors (Lipinski definition) is 3. The predicted octanol–water partition coefficient (Wildman–Crippen LogP) is 2.27. The zero-order chi connectivity index (χ0) is 11.5. The number of rotatable bonds is 5. The molecule has 1 aliphatic rings. The van der Waals surface area contributed by atoms with E-state index in [2.05, 4.69) is 4.98 Å². The molecule has 0 unspecified atom stereocenters. The van der Waals surface area contributed by atoms with E-state index in [4.69, 9.17) is 9.84 Å². The van der Waals surface area contributed by atoms with Gasteiger partial charge in [-0.05, 0) is 31.4 Å². The normalized spacial score (nSPS) is 14.8. The summed E-state index contributed by atoms with van der Waals surface area (Å²) >= 11 is 0. The molecule has 4 heteroatoms. The van der Waals surface area contributed by atoms with Gasteiger partial charge in [-0.2, -0.15) is 0 Å². The van der Waals surface area contributed by atoms with Gasteiger partial charge in [-0.3, -0.25) is 0 Å². The summed E-state index contributed by atoms with van der Waals surface area (Å²) in [6.45, 7) is 2.34. The highest BCUT2D eigenvalue weighted by Gasteiger charge is 2.21. The van der Waals surface area contributed by atoms with Crippen LogP contribution in [0.5, 0.6) is 5.75 Å². The fourth-order valence-corrected chi connectivity index (χ4v) is 1.56. The molecule has 0 bridgehead atoms. The molecule has 0 spiro atoms. The van der Waals surface area contributed by atoms with Gasteiger partial charge in [0, 0.05) is 5.69 Å². The molecule has 0 atom stereocenters. The Bertz CT molecular complexity index is 399. The van der Waals surface area contributed by atoms with E-state index in [1.54, 1.807) is 19.1 Å². The lowest BCUT2D eigenvalue weighted by molar-refractivity contribution is 0.0685. The van der Waals surface area contributed by atoms with E-state index in [1.807, 2.05) is 0 Å². The van der Waals surface area contributed by atoms with Crippen LogP contribution in [-0.4, -0.2) is 22.7 Å². The minimum Gasteiger partial charge on any atom is -0.491 e. The van der Waals surface area contributed by atoms with Crippen molar-refractivity contribution in [1.29, 1.82) is 0 Å². The van der Waals surface area contributed by atoms with Crippen molar-refractivity contribution in [2.24, 2.45) is 5.92 Å². The minimum atomic E-state index is -1.04. The molecule has 0 aromatic carbocycles. The zero-order valence-electron chi connectivity index (χ0n) is 9.27. The lowest BCUT2D eigenvalue weighted by Gasteiger charge is -2.08. The second-order valence-corrected chi connectivity index (χ2v) is 4.19. The van der Waals surface area contributed by atoms with Crippen LogP contribution in [0.4, 0.5) is 0 Å². The summed E-state index contributed by atoms with van der Waals surface area (Å²) in [5, 5.41) is 8.97. The van der Waals surface area contributed by atoms with Crippen molar-refractivity contribution in [2.45, 2.75) is 26.2 Å². The number of aromatic carboxylic acids is 1. The summed E-state index contributed by atoms with van der Waals surface area (Å²) in [6.07, 6.45) is 3.57. The molecule has 1 fully saturated rings. The predicted molar refractivity (Wildman–Crippen MR) is 58.8 cm³/mol. The van der Waals surface area contributed by atoms with Crippen LogP contribution in [0.15, 0.2) is 12.1 Å². The number of carboxylic acid groups (broad SMARTS) is 1. The number of aromatic nitrogens is 1. The van der Waals surface area contributed by atoms with Crippen LogP contribution in [-0.2, 0) is 0 Å². The first-order valence-corrected chi connectivity index (χ1v) is 5.50. The van der Waals surface area contributed by atoms with E-state index in [9.17, 15) is 4.79 Å². The van der Waals surface area contributed by atoms with Crippen LogP contribution >= 0.6 is 0 Å². The summed E-state index contributed by atoms with van der Waals surface area (Å²) < 4.78 is 5.46. The van der Waals surface area contributed by atoms with Crippen molar-refractivity contribution in [3.8, 4) is 5.75 Å². The maximum absolute atomic E-state index is 10.9. The lowest BCUT2D eigenvalue weighted by atomic mass is 10.3. The lowest BCUT2D eigenvalue weighted by Crippen LogP contribution is -2.07. The summed E-state index contributed by atoms with van der Waals surface area (Å²) in [7, 11) is 0. The number of pyridine rings is 1. The van der Waals surface area contributed by atoms with E-state index in [0.717, 1.165) is 12.3 Å². The molecule has 1 saturated carbocycles. The zero-order valence-corrected chi connectivity index (χ0v) is 9.27. The maximum atomic E-state index is 10.9. The molecular formula is C12H15NO3. The van der Waals surface area contributed by atoms with Gasteiger partial charge in [0.05, 0.1) is 6.61 Å². The fraction of sp³-hybridized carbons (Fsp3) is 0.500. The number of hydrogen-bond donors (Lipinski definition) is 1. The fourth-order valence-electron chi connectivity index (χ4n) is 1.56. The quantitative estimate of drug-likeness (QED) is 0.828. The van der Waals surface area contributed by atoms with Crippen molar-refractivity contribution in [3.05, 3.63) is 23.5 Å². The van der Waals surface area contributed by atoms with E-state index in [-0.39, 0.29) is 5.69 Å². The van der Waals surface area contributed by atoms with Gasteiger partial charge in [0.2, 0.25) is 0 Å². The van der Waals surface area contributed by atoms with Gasteiger partial charge in [-0.15, -0.1) is 0 Å². The average Bonchev–Trinajstić information content (AvgIpc) is 3.04. The van der Waals surface area contributed by atoms with E-state index in [0.29, 0.717) is 18.1 Å². The molecule has 86 valence electrons. The molecule has 2 rings (SSSR count). The number of ether oxygens (including phenoxy) is 1. The van der Waals surface area contributed by atoms with Crippen molar-refractivity contribution < 1.29 is 14.6 Å². The van der Waals surface area contributed by atoms with Crippen molar-refractivity contribution in [1.82, 2.24) is 4.98 Å². The van der Waals surface area contributed by atoms with Gasteiger partial charge >= 0.3 is 5.97 Å². The molecule has 0 radical (unpaired) electrons. The Kier molecular flexibility index (Phi) is 3.08. The third kappa shape index (κ3) is 2.72. The Labute approximate surface area is 94.3 Å². The van der Waals surface area contributed by atoms with Gasteiger partial charge in [0.1, 0.15) is 0 Å². The van der Waals surface area contributed by atoms with Crippen molar-refractivity contribution >= 4 is 5.97 Å². The second-order valence-electron chi connectivity index (χ2n) is 4.19. The summed E-state index contributed by atoms with van der Waals surface area (Å²) in [6, 6.07) is 3.44. The summed E-state index contributed by atoms with van der Waals surface area (Å²) in [5.41, 5.74) is 0.697. The highest BCUT2D eigenvalue weighted by atomic mass is 16.5. The maximum Gasteiger partial charge on any atom is 0.358 e. The molecular weight excluding hydrogens is 206 g/mol. The molecule has 16 heavy (non-hydrogen) atoms. The molecule has 1 heterocycles. The number of carboxylic acids is 1. The first-order chi connectivity index (χ1) is 7.66. The molecule has 4 nitrogen and oxygen atoms in total. The first-order valence-electron chi connectivity index (χ1n) is 5.50. The Morgan fingerprint density at radius 3 is 2.94 bits per heavy atom. The van der Waals surface area contributed by atoms with Crippen LogP contribution in [0.25, 0.3) is 0 Å². The topological polar surface area (TPSA) is 59.4 Å². The molecule has 0 saturated heterocycles.